The van der Waals surface area contributed by atoms with Crippen LogP contribution < -0.4 is 4.90 Å². The Balaban J connectivity index is 1.97. The molecule has 0 aromatic heterocycles. The van der Waals surface area contributed by atoms with E-state index >= 15 is 0 Å². The van der Waals surface area contributed by atoms with Crippen LogP contribution in [0.1, 0.15) is 43.7 Å². The number of anilines is 2. The Kier molecular flexibility index (Phi) is 4.83. The molecule has 0 saturated heterocycles. The normalized spacial score (nSPS) is 17.7. The van der Waals surface area contributed by atoms with Crippen molar-refractivity contribution in [3.63, 3.8) is 0 Å². The highest BCUT2D eigenvalue weighted by Gasteiger charge is 2.31. The van der Waals surface area contributed by atoms with Gasteiger partial charge in [0.25, 0.3) is 0 Å². The first-order valence-corrected chi connectivity index (χ1v) is 8.55. The van der Waals surface area contributed by atoms with Gasteiger partial charge in [-0.1, -0.05) is 38.0 Å². The fourth-order valence-corrected chi connectivity index (χ4v) is 3.48. The largest absolute Gasteiger partial charge is 0.416 e. The van der Waals surface area contributed by atoms with Crippen molar-refractivity contribution in [3.8, 4) is 0 Å². The molecule has 2 aromatic carbocycles. The van der Waals surface area contributed by atoms with Crippen LogP contribution >= 0.6 is 0 Å². The Bertz CT molecular complexity index is 676. The first kappa shape index (κ1) is 16.9. The van der Waals surface area contributed by atoms with Gasteiger partial charge in [-0.2, -0.15) is 13.2 Å². The van der Waals surface area contributed by atoms with Crippen molar-refractivity contribution in [2.24, 2.45) is 0 Å². The molecule has 1 aliphatic heterocycles. The molecule has 0 spiro atoms. The predicted octanol–water partition coefficient (Wildman–Crippen LogP) is 6.35. The van der Waals surface area contributed by atoms with Crippen LogP contribution in [0.2, 0.25) is 0 Å². The molecule has 0 unspecified atom stereocenters. The third-order valence-corrected chi connectivity index (χ3v) is 4.73. The lowest BCUT2D eigenvalue weighted by molar-refractivity contribution is -0.137. The lowest BCUT2D eigenvalue weighted by atomic mass is 9.92. The highest BCUT2D eigenvalue weighted by atomic mass is 19.4. The van der Waals surface area contributed by atoms with Gasteiger partial charge in [-0.3, -0.25) is 0 Å². The first-order valence-electron chi connectivity index (χ1n) is 8.55. The summed E-state index contributed by atoms with van der Waals surface area (Å²) >= 11 is 0. The molecule has 1 aliphatic rings. The SMILES string of the molecule is CCCC[C@H]1CCc2ccccc2N1c1ccc(C(F)(F)F)cc1. The zero-order valence-corrected chi connectivity index (χ0v) is 13.8. The van der Waals surface area contributed by atoms with E-state index in [1.54, 1.807) is 12.1 Å². The third kappa shape index (κ3) is 3.42. The van der Waals surface area contributed by atoms with Crippen LogP contribution in [0, 0.1) is 0 Å². The summed E-state index contributed by atoms with van der Waals surface area (Å²) in [6.45, 7) is 2.17. The van der Waals surface area contributed by atoms with E-state index in [1.807, 2.05) is 12.1 Å². The summed E-state index contributed by atoms with van der Waals surface area (Å²) in [5, 5.41) is 0. The molecule has 3 rings (SSSR count). The Hall–Kier alpha value is -1.97. The molecule has 4 heteroatoms. The second kappa shape index (κ2) is 6.88. The number of hydrogen-bond acceptors (Lipinski definition) is 1. The molecule has 2 aromatic rings. The van der Waals surface area contributed by atoms with Crippen molar-refractivity contribution in [3.05, 3.63) is 59.7 Å². The van der Waals surface area contributed by atoms with Gasteiger partial charge in [0.1, 0.15) is 0 Å². The first-order chi connectivity index (χ1) is 11.5. The number of benzene rings is 2. The Morgan fingerprint density at radius 2 is 1.75 bits per heavy atom. The van der Waals surface area contributed by atoms with Crippen LogP contribution in [0.3, 0.4) is 0 Å². The fraction of sp³-hybridized carbons (Fsp3) is 0.400. The average Bonchev–Trinajstić information content (AvgIpc) is 2.58. The van der Waals surface area contributed by atoms with Crippen LogP contribution in [0.15, 0.2) is 48.5 Å². The molecule has 1 atom stereocenters. The van der Waals surface area contributed by atoms with E-state index in [1.165, 1.54) is 17.7 Å². The molecule has 0 saturated carbocycles. The number of nitrogens with zero attached hydrogens (tertiary/aromatic N) is 1. The molecular formula is C20H22F3N. The van der Waals surface area contributed by atoms with E-state index in [-0.39, 0.29) is 0 Å². The third-order valence-electron chi connectivity index (χ3n) is 4.73. The van der Waals surface area contributed by atoms with Crippen LogP contribution in [-0.4, -0.2) is 6.04 Å². The summed E-state index contributed by atoms with van der Waals surface area (Å²) in [5.41, 5.74) is 2.65. The zero-order valence-electron chi connectivity index (χ0n) is 13.8. The number of halogens is 3. The lowest BCUT2D eigenvalue weighted by Crippen LogP contribution is -2.35. The highest BCUT2D eigenvalue weighted by Crippen LogP contribution is 2.39. The van der Waals surface area contributed by atoms with Crippen LogP contribution in [-0.2, 0) is 12.6 Å². The molecule has 0 amide bonds. The minimum absolute atomic E-state index is 0.344. The van der Waals surface area contributed by atoms with E-state index < -0.39 is 11.7 Å². The Labute approximate surface area is 141 Å². The fourth-order valence-electron chi connectivity index (χ4n) is 3.48. The minimum Gasteiger partial charge on any atom is -0.338 e. The summed E-state index contributed by atoms with van der Waals surface area (Å²) in [6, 6.07) is 14.1. The summed E-state index contributed by atoms with van der Waals surface area (Å²) in [5.74, 6) is 0. The molecular weight excluding hydrogens is 311 g/mol. The smallest absolute Gasteiger partial charge is 0.338 e. The second-order valence-corrected chi connectivity index (χ2v) is 6.38. The van der Waals surface area contributed by atoms with Crippen molar-refractivity contribution in [1.82, 2.24) is 0 Å². The topological polar surface area (TPSA) is 3.24 Å². The number of hydrogen-bond donors (Lipinski definition) is 0. The van der Waals surface area contributed by atoms with Crippen molar-refractivity contribution in [2.45, 2.75) is 51.2 Å². The van der Waals surface area contributed by atoms with E-state index in [4.69, 9.17) is 0 Å². The molecule has 24 heavy (non-hydrogen) atoms. The van der Waals surface area contributed by atoms with Crippen molar-refractivity contribution in [2.75, 3.05) is 4.90 Å². The van der Waals surface area contributed by atoms with Crippen LogP contribution in [0.4, 0.5) is 24.5 Å². The standard InChI is InChI=1S/C20H22F3N/c1-2-3-7-17-12-9-15-6-4-5-8-19(15)24(17)18-13-10-16(11-14-18)20(21,22)23/h4-6,8,10-11,13-14,17H,2-3,7,9,12H2,1H3/t17-/m0/s1. The number of para-hydroxylation sites is 1. The van der Waals surface area contributed by atoms with E-state index in [9.17, 15) is 13.2 Å². The summed E-state index contributed by atoms with van der Waals surface area (Å²) in [7, 11) is 0. The van der Waals surface area contributed by atoms with E-state index in [0.717, 1.165) is 43.5 Å². The van der Waals surface area contributed by atoms with Crippen molar-refractivity contribution < 1.29 is 13.2 Å². The highest BCUT2D eigenvalue weighted by molar-refractivity contribution is 5.69. The molecule has 0 N–H and O–H groups in total. The summed E-state index contributed by atoms with van der Waals surface area (Å²) in [6.07, 6.45) is 1.09. The predicted molar refractivity (Wildman–Crippen MR) is 91.7 cm³/mol. The summed E-state index contributed by atoms with van der Waals surface area (Å²) in [4.78, 5) is 2.23. The zero-order chi connectivity index (χ0) is 17.2. The van der Waals surface area contributed by atoms with Gasteiger partial charge in [0.2, 0.25) is 0 Å². The van der Waals surface area contributed by atoms with Gasteiger partial charge in [0.15, 0.2) is 0 Å². The minimum atomic E-state index is -4.29. The average molecular weight is 333 g/mol. The molecule has 128 valence electrons. The van der Waals surface area contributed by atoms with Gasteiger partial charge < -0.3 is 4.90 Å². The number of rotatable bonds is 4. The van der Waals surface area contributed by atoms with E-state index in [0.29, 0.717) is 6.04 Å². The van der Waals surface area contributed by atoms with Gasteiger partial charge in [-0.25, -0.2) is 0 Å². The number of aryl methyl sites for hydroxylation is 1. The molecule has 1 heterocycles. The van der Waals surface area contributed by atoms with Gasteiger partial charge in [0, 0.05) is 17.4 Å². The maximum Gasteiger partial charge on any atom is 0.416 e. The second-order valence-electron chi connectivity index (χ2n) is 6.38. The monoisotopic (exact) mass is 333 g/mol. The molecule has 0 fully saturated rings. The molecule has 0 radical (unpaired) electrons. The number of fused-ring (bicyclic) bond motifs is 1. The van der Waals surface area contributed by atoms with Gasteiger partial charge >= 0.3 is 6.18 Å². The Morgan fingerprint density at radius 3 is 2.42 bits per heavy atom. The van der Waals surface area contributed by atoms with Crippen LogP contribution in [0.5, 0.6) is 0 Å². The van der Waals surface area contributed by atoms with Gasteiger partial charge in [-0.15, -0.1) is 0 Å². The summed E-state index contributed by atoms with van der Waals surface area (Å²) < 4.78 is 38.5. The molecule has 1 nitrogen and oxygen atoms in total. The van der Waals surface area contributed by atoms with Gasteiger partial charge in [-0.05, 0) is 55.2 Å². The quantitative estimate of drug-likeness (QED) is 0.630. The van der Waals surface area contributed by atoms with Crippen molar-refractivity contribution in [1.29, 1.82) is 0 Å². The molecule has 0 aliphatic carbocycles. The van der Waals surface area contributed by atoms with Gasteiger partial charge in [0.05, 0.1) is 5.56 Å². The number of unbranched alkanes of at least 4 members (excludes halogenated alkanes) is 1. The Morgan fingerprint density at radius 1 is 1.04 bits per heavy atom. The van der Waals surface area contributed by atoms with Crippen molar-refractivity contribution >= 4 is 11.4 Å². The maximum absolute atomic E-state index is 12.8. The molecule has 0 bridgehead atoms. The van der Waals surface area contributed by atoms with E-state index in [2.05, 4.69) is 24.0 Å². The van der Waals surface area contributed by atoms with Crippen LogP contribution in [0.25, 0.3) is 0 Å². The maximum atomic E-state index is 12.8. The lowest BCUT2D eigenvalue weighted by Gasteiger charge is -2.39. The number of alkyl halides is 3.